The molecule has 0 saturated carbocycles. The van der Waals surface area contributed by atoms with E-state index in [0.717, 1.165) is 48.8 Å². The highest BCUT2D eigenvalue weighted by atomic mass is 35.5. The van der Waals surface area contributed by atoms with Crippen molar-refractivity contribution in [2.75, 3.05) is 28.6 Å². The molecule has 0 atom stereocenters. The van der Waals surface area contributed by atoms with Gasteiger partial charge in [0.25, 0.3) is 0 Å². The molecule has 1 aromatic carbocycles. The van der Waals surface area contributed by atoms with Gasteiger partial charge in [-0.25, -0.2) is 9.37 Å². The molecule has 1 aliphatic heterocycles. The van der Waals surface area contributed by atoms with E-state index in [-0.39, 0.29) is 11.8 Å². The molecule has 7 nitrogen and oxygen atoms in total. The number of nitrogens with one attached hydrogen (secondary N) is 3. The molecule has 3 heterocycles. The van der Waals surface area contributed by atoms with E-state index < -0.39 is 0 Å². The fourth-order valence-corrected chi connectivity index (χ4v) is 4.07. The molecule has 9 heteroatoms. The van der Waals surface area contributed by atoms with Gasteiger partial charge in [0.15, 0.2) is 11.6 Å². The molecule has 0 unspecified atom stereocenters. The summed E-state index contributed by atoms with van der Waals surface area (Å²) in [6.07, 6.45) is 4.99. The van der Waals surface area contributed by atoms with Crippen LogP contribution in [-0.4, -0.2) is 33.3 Å². The minimum Gasteiger partial charge on any atom is -0.371 e. The van der Waals surface area contributed by atoms with Crippen LogP contribution in [0.15, 0.2) is 24.4 Å². The van der Waals surface area contributed by atoms with E-state index in [1.807, 2.05) is 19.9 Å². The average molecular weight is 444 g/mol. The van der Waals surface area contributed by atoms with Crippen LogP contribution in [0.25, 0.3) is 0 Å². The number of piperidine rings is 1. The minimum atomic E-state index is -0.339. The molecule has 164 valence electrons. The first-order chi connectivity index (χ1) is 14.9. The first-order valence-electron chi connectivity index (χ1n) is 10.6. The highest BCUT2D eigenvalue weighted by Crippen LogP contribution is 2.32. The summed E-state index contributed by atoms with van der Waals surface area (Å²) < 4.78 is 14.9. The van der Waals surface area contributed by atoms with Gasteiger partial charge in [-0.1, -0.05) is 24.9 Å². The Balaban J connectivity index is 1.51. The molecule has 0 aliphatic carbocycles. The molecule has 31 heavy (non-hydrogen) atoms. The van der Waals surface area contributed by atoms with E-state index in [4.69, 9.17) is 11.6 Å². The van der Waals surface area contributed by atoms with E-state index in [9.17, 15) is 4.39 Å². The van der Waals surface area contributed by atoms with Crippen molar-refractivity contribution in [3.8, 4) is 0 Å². The van der Waals surface area contributed by atoms with Gasteiger partial charge in [0.05, 0.1) is 11.9 Å². The Morgan fingerprint density at radius 2 is 1.97 bits per heavy atom. The summed E-state index contributed by atoms with van der Waals surface area (Å²) in [4.78, 5) is 10.8. The zero-order valence-corrected chi connectivity index (χ0v) is 18.7. The van der Waals surface area contributed by atoms with Crippen LogP contribution in [0.4, 0.5) is 33.3 Å². The number of H-pyrrole nitrogens is 1. The third kappa shape index (κ3) is 4.90. The first kappa shape index (κ1) is 21.4. The van der Waals surface area contributed by atoms with Crippen LogP contribution in [0.5, 0.6) is 0 Å². The summed E-state index contributed by atoms with van der Waals surface area (Å²) >= 11 is 6.21. The normalized spacial score (nSPS) is 14.7. The van der Waals surface area contributed by atoms with Crippen molar-refractivity contribution in [2.45, 2.75) is 40.0 Å². The van der Waals surface area contributed by atoms with Crippen LogP contribution < -0.4 is 15.5 Å². The molecular weight excluding hydrogens is 417 g/mol. The van der Waals surface area contributed by atoms with Crippen molar-refractivity contribution in [3.63, 3.8) is 0 Å². The van der Waals surface area contributed by atoms with Gasteiger partial charge >= 0.3 is 0 Å². The summed E-state index contributed by atoms with van der Waals surface area (Å²) in [5.41, 5.74) is 3.19. The third-order valence-electron chi connectivity index (χ3n) is 5.76. The number of hydrogen-bond acceptors (Lipinski definition) is 6. The van der Waals surface area contributed by atoms with E-state index in [2.05, 4.69) is 42.6 Å². The molecular formula is C22H27ClFN7. The average Bonchev–Trinajstić information content (AvgIpc) is 3.17. The first-order valence-corrected chi connectivity index (χ1v) is 10.9. The van der Waals surface area contributed by atoms with Crippen molar-refractivity contribution < 1.29 is 4.39 Å². The maximum absolute atomic E-state index is 14.9. The van der Waals surface area contributed by atoms with Gasteiger partial charge in [-0.3, -0.25) is 5.10 Å². The van der Waals surface area contributed by atoms with E-state index in [1.165, 1.54) is 12.6 Å². The monoisotopic (exact) mass is 443 g/mol. The molecule has 1 aliphatic rings. The Morgan fingerprint density at radius 1 is 1.19 bits per heavy atom. The number of aryl methyl sites for hydroxylation is 2. The fraction of sp³-hybridized carbons (Fsp3) is 0.409. The van der Waals surface area contributed by atoms with Crippen LogP contribution in [0.2, 0.25) is 5.02 Å². The Kier molecular flexibility index (Phi) is 6.27. The highest BCUT2D eigenvalue weighted by Gasteiger charge is 2.21. The Hall–Kier alpha value is -2.87. The molecule has 0 bridgehead atoms. The summed E-state index contributed by atoms with van der Waals surface area (Å²) in [6.45, 7) is 8.07. The van der Waals surface area contributed by atoms with Crippen LogP contribution in [-0.2, 0) is 0 Å². The van der Waals surface area contributed by atoms with E-state index in [1.54, 1.807) is 12.1 Å². The van der Waals surface area contributed by atoms with Crippen LogP contribution in [0.1, 0.15) is 37.4 Å². The van der Waals surface area contributed by atoms with Crippen LogP contribution in [0, 0.1) is 25.6 Å². The SMILES string of the molecule is CCC1CCN(c2cc(F)c(Nc3ncc(Cl)c(Nc4cc(C)[nH]n4)n3)cc2C)CC1. The van der Waals surface area contributed by atoms with Crippen LogP contribution >= 0.6 is 11.6 Å². The summed E-state index contributed by atoms with van der Waals surface area (Å²) in [6, 6.07) is 5.24. The maximum atomic E-state index is 14.9. The van der Waals surface area contributed by atoms with Crippen molar-refractivity contribution in [1.82, 2.24) is 20.2 Å². The minimum absolute atomic E-state index is 0.244. The predicted octanol–water partition coefficient (Wildman–Crippen LogP) is 5.72. The quantitative estimate of drug-likeness (QED) is 0.451. The highest BCUT2D eigenvalue weighted by molar-refractivity contribution is 6.32. The van der Waals surface area contributed by atoms with Gasteiger partial charge in [-0.15, -0.1) is 0 Å². The summed E-state index contributed by atoms with van der Waals surface area (Å²) in [5.74, 6) is 1.65. The maximum Gasteiger partial charge on any atom is 0.229 e. The number of benzene rings is 1. The van der Waals surface area contributed by atoms with Crippen LogP contribution in [0.3, 0.4) is 0 Å². The second-order valence-electron chi connectivity index (χ2n) is 8.03. The van der Waals surface area contributed by atoms with Gasteiger partial charge in [-0.05, 0) is 50.3 Å². The lowest BCUT2D eigenvalue weighted by Crippen LogP contribution is -2.34. The van der Waals surface area contributed by atoms with Gasteiger partial charge in [0.1, 0.15) is 10.8 Å². The second-order valence-corrected chi connectivity index (χ2v) is 8.44. The van der Waals surface area contributed by atoms with Crippen molar-refractivity contribution in [2.24, 2.45) is 5.92 Å². The number of nitrogens with zero attached hydrogens (tertiary/aromatic N) is 4. The lowest BCUT2D eigenvalue weighted by molar-refractivity contribution is 0.394. The molecule has 1 fully saturated rings. The number of anilines is 5. The van der Waals surface area contributed by atoms with Crippen molar-refractivity contribution >= 4 is 40.6 Å². The zero-order valence-electron chi connectivity index (χ0n) is 18.0. The second kappa shape index (κ2) is 9.09. The summed E-state index contributed by atoms with van der Waals surface area (Å²) in [5, 5.41) is 13.3. The smallest absolute Gasteiger partial charge is 0.229 e. The van der Waals surface area contributed by atoms with E-state index in [0.29, 0.717) is 22.3 Å². The third-order valence-corrected chi connectivity index (χ3v) is 6.04. The lowest BCUT2D eigenvalue weighted by atomic mass is 9.94. The lowest BCUT2D eigenvalue weighted by Gasteiger charge is -2.34. The number of halogens is 2. The van der Waals surface area contributed by atoms with Crippen molar-refractivity contribution in [1.29, 1.82) is 0 Å². The number of hydrogen-bond donors (Lipinski definition) is 3. The standard InChI is InChI=1S/C22H27ClFN7/c1-4-15-5-7-31(8-6-15)19-11-17(24)18(9-13(19)2)26-22-25-12-16(23)21(28-22)27-20-10-14(3)29-30-20/h9-12,15H,4-8H2,1-3H3,(H3,25,26,27,28,29,30). The largest absolute Gasteiger partial charge is 0.371 e. The predicted molar refractivity (Wildman–Crippen MR) is 123 cm³/mol. The Labute approximate surface area is 186 Å². The molecule has 3 N–H and O–H groups in total. The zero-order chi connectivity index (χ0) is 22.0. The number of rotatable bonds is 6. The van der Waals surface area contributed by atoms with Gasteiger partial charge in [0, 0.05) is 30.5 Å². The molecule has 0 amide bonds. The molecule has 0 radical (unpaired) electrons. The van der Waals surface area contributed by atoms with Crippen molar-refractivity contribution in [3.05, 3.63) is 46.5 Å². The topological polar surface area (TPSA) is 81.8 Å². The van der Waals surface area contributed by atoms with E-state index >= 15 is 0 Å². The van der Waals surface area contributed by atoms with Gasteiger partial charge in [-0.2, -0.15) is 10.1 Å². The molecule has 3 aromatic rings. The molecule has 1 saturated heterocycles. The molecule has 0 spiro atoms. The Bertz CT molecular complexity index is 1060. The van der Waals surface area contributed by atoms with Gasteiger partial charge in [0.2, 0.25) is 5.95 Å². The summed E-state index contributed by atoms with van der Waals surface area (Å²) in [7, 11) is 0. The molecule has 4 rings (SSSR count). The number of aromatic nitrogens is 4. The number of aromatic amines is 1. The molecule has 2 aromatic heterocycles. The fourth-order valence-electron chi connectivity index (χ4n) is 3.93. The Morgan fingerprint density at radius 3 is 2.65 bits per heavy atom. The van der Waals surface area contributed by atoms with Gasteiger partial charge < -0.3 is 15.5 Å².